The summed E-state index contributed by atoms with van der Waals surface area (Å²) < 4.78 is 0. The van der Waals surface area contributed by atoms with Gasteiger partial charge in [-0.1, -0.05) is 49.6 Å². The summed E-state index contributed by atoms with van der Waals surface area (Å²) in [7, 11) is 0. The number of aliphatic hydroxyl groups excluding tert-OH is 1. The van der Waals surface area contributed by atoms with Crippen molar-refractivity contribution < 1.29 is 5.11 Å². The Kier molecular flexibility index (Phi) is 3.34. The summed E-state index contributed by atoms with van der Waals surface area (Å²) in [6, 6.07) is 10.5. The molecular formula is C15H19N3O. The Bertz CT molecular complexity index is 529. The maximum absolute atomic E-state index is 9.17. The van der Waals surface area contributed by atoms with E-state index < -0.39 is 0 Å². The van der Waals surface area contributed by atoms with E-state index in [-0.39, 0.29) is 12.0 Å². The normalized spacial score (nSPS) is 18.4. The average Bonchev–Trinajstić information content (AvgIpc) is 2.98. The number of H-pyrrole nitrogens is 1. The third-order valence-corrected chi connectivity index (χ3v) is 4.14. The molecule has 0 spiro atoms. The summed E-state index contributed by atoms with van der Waals surface area (Å²) in [4.78, 5) is 4.48. The van der Waals surface area contributed by atoms with Crippen LogP contribution in [0, 0.1) is 0 Å². The second-order valence-electron chi connectivity index (χ2n) is 5.27. The predicted octanol–water partition coefficient (Wildman–Crippen LogP) is 2.55. The lowest BCUT2D eigenvalue weighted by Crippen LogP contribution is -2.31. The molecule has 100 valence electrons. The summed E-state index contributed by atoms with van der Waals surface area (Å²) in [5.41, 5.74) is 1.21. The maximum Gasteiger partial charge on any atom is 0.161 e. The van der Waals surface area contributed by atoms with E-state index in [2.05, 4.69) is 39.4 Å². The highest BCUT2D eigenvalue weighted by Gasteiger charge is 2.39. The number of aromatic amines is 1. The lowest BCUT2D eigenvalue weighted by molar-refractivity contribution is 0.271. The van der Waals surface area contributed by atoms with Crippen LogP contribution in [0.15, 0.2) is 30.3 Å². The number of rotatable bonds is 3. The van der Waals surface area contributed by atoms with Gasteiger partial charge in [-0.05, 0) is 18.4 Å². The van der Waals surface area contributed by atoms with Gasteiger partial charge in [0.25, 0.3) is 0 Å². The van der Waals surface area contributed by atoms with E-state index in [0.717, 1.165) is 18.7 Å². The van der Waals surface area contributed by atoms with Crippen molar-refractivity contribution in [2.24, 2.45) is 0 Å². The van der Waals surface area contributed by atoms with Gasteiger partial charge in [-0.15, -0.1) is 0 Å². The molecule has 0 unspecified atom stereocenters. The van der Waals surface area contributed by atoms with Crippen LogP contribution in [-0.2, 0) is 12.0 Å². The first-order valence-electron chi connectivity index (χ1n) is 6.93. The van der Waals surface area contributed by atoms with Crippen LogP contribution in [0.25, 0.3) is 0 Å². The third kappa shape index (κ3) is 2.16. The van der Waals surface area contributed by atoms with E-state index in [9.17, 15) is 5.11 Å². The molecule has 0 aliphatic heterocycles. The fourth-order valence-corrected chi connectivity index (χ4v) is 3.13. The topological polar surface area (TPSA) is 61.8 Å². The lowest BCUT2D eigenvalue weighted by atomic mass is 9.69. The summed E-state index contributed by atoms with van der Waals surface area (Å²) in [5, 5.41) is 16.4. The summed E-state index contributed by atoms with van der Waals surface area (Å²) >= 11 is 0. The molecule has 0 bridgehead atoms. The zero-order valence-corrected chi connectivity index (χ0v) is 11.0. The number of hydrogen-bond donors (Lipinski definition) is 2. The molecule has 1 aromatic carbocycles. The molecule has 0 saturated heterocycles. The number of nitrogens with zero attached hydrogens (tertiary/aromatic N) is 2. The van der Waals surface area contributed by atoms with E-state index >= 15 is 0 Å². The predicted molar refractivity (Wildman–Crippen MR) is 72.6 cm³/mol. The van der Waals surface area contributed by atoms with Crippen molar-refractivity contribution in [3.8, 4) is 0 Å². The molecule has 1 aliphatic rings. The summed E-state index contributed by atoms with van der Waals surface area (Å²) in [5.74, 6) is 1.39. The Morgan fingerprint density at radius 3 is 2.47 bits per heavy atom. The van der Waals surface area contributed by atoms with E-state index in [4.69, 9.17) is 0 Å². The van der Waals surface area contributed by atoms with E-state index in [1.165, 1.54) is 24.8 Å². The van der Waals surface area contributed by atoms with Crippen LogP contribution in [-0.4, -0.2) is 20.3 Å². The number of nitrogens with one attached hydrogen (secondary N) is 1. The summed E-state index contributed by atoms with van der Waals surface area (Å²) in [6.45, 7) is -0.0854. The van der Waals surface area contributed by atoms with Crippen LogP contribution in [0.3, 0.4) is 0 Å². The molecule has 0 radical (unpaired) electrons. The molecular weight excluding hydrogens is 238 g/mol. The SMILES string of the molecule is OCc1nc(C2(c3ccccc3)CCCCC2)n[nH]1. The smallest absolute Gasteiger partial charge is 0.161 e. The van der Waals surface area contributed by atoms with Gasteiger partial charge in [0.2, 0.25) is 0 Å². The molecule has 1 heterocycles. The largest absolute Gasteiger partial charge is 0.388 e. The lowest BCUT2D eigenvalue weighted by Gasteiger charge is -2.35. The number of hydrogen-bond acceptors (Lipinski definition) is 3. The molecule has 1 aliphatic carbocycles. The fraction of sp³-hybridized carbons (Fsp3) is 0.467. The van der Waals surface area contributed by atoms with Crippen molar-refractivity contribution in [1.29, 1.82) is 0 Å². The van der Waals surface area contributed by atoms with Gasteiger partial charge in [0.15, 0.2) is 5.82 Å². The Morgan fingerprint density at radius 2 is 1.84 bits per heavy atom. The highest BCUT2D eigenvalue weighted by molar-refractivity contribution is 5.33. The zero-order valence-electron chi connectivity index (χ0n) is 11.0. The Labute approximate surface area is 112 Å². The number of aliphatic hydroxyl groups is 1. The van der Waals surface area contributed by atoms with Crippen molar-refractivity contribution in [1.82, 2.24) is 15.2 Å². The van der Waals surface area contributed by atoms with Gasteiger partial charge >= 0.3 is 0 Å². The molecule has 2 aromatic rings. The molecule has 0 atom stereocenters. The van der Waals surface area contributed by atoms with Crippen LogP contribution in [0.5, 0.6) is 0 Å². The summed E-state index contributed by atoms with van der Waals surface area (Å²) in [6.07, 6.45) is 5.86. The minimum atomic E-state index is -0.0854. The van der Waals surface area contributed by atoms with Gasteiger partial charge in [-0.3, -0.25) is 5.10 Å². The molecule has 0 amide bonds. The van der Waals surface area contributed by atoms with Gasteiger partial charge in [0.05, 0.1) is 5.41 Å². The quantitative estimate of drug-likeness (QED) is 0.888. The van der Waals surface area contributed by atoms with Crippen LogP contribution < -0.4 is 0 Å². The van der Waals surface area contributed by atoms with E-state index in [1.807, 2.05) is 6.07 Å². The first-order valence-corrected chi connectivity index (χ1v) is 6.93. The molecule has 3 rings (SSSR count). The highest BCUT2D eigenvalue weighted by atomic mass is 16.3. The van der Waals surface area contributed by atoms with E-state index in [0.29, 0.717) is 5.82 Å². The average molecular weight is 257 g/mol. The molecule has 4 heteroatoms. The van der Waals surface area contributed by atoms with Gasteiger partial charge in [-0.25, -0.2) is 4.98 Å². The van der Waals surface area contributed by atoms with Crippen molar-refractivity contribution in [2.75, 3.05) is 0 Å². The highest BCUT2D eigenvalue weighted by Crippen LogP contribution is 2.43. The van der Waals surface area contributed by atoms with Crippen LogP contribution in [0.2, 0.25) is 0 Å². The van der Waals surface area contributed by atoms with E-state index in [1.54, 1.807) is 0 Å². The minimum Gasteiger partial charge on any atom is -0.388 e. The van der Waals surface area contributed by atoms with Crippen molar-refractivity contribution >= 4 is 0 Å². The standard InChI is InChI=1S/C15H19N3O/c19-11-13-16-14(18-17-13)15(9-5-2-6-10-15)12-7-3-1-4-8-12/h1,3-4,7-8,19H,2,5-6,9-11H2,(H,16,17,18). The van der Waals surface area contributed by atoms with Gasteiger partial charge in [-0.2, -0.15) is 5.10 Å². The number of benzene rings is 1. The van der Waals surface area contributed by atoms with Crippen LogP contribution in [0.4, 0.5) is 0 Å². The van der Waals surface area contributed by atoms with Gasteiger partial charge in [0, 0.05) is 0 Å². The monoisotopic (exact) mass is 257 g/mol. The van der Waals surface area contributed by atoms with Crippen LogP contribution >= 0.6 is 0 Å². The molecule has 1 aromatic heterocycles. The first-order chi connectivity index (χ1) is 9.35. The van der Waals surface area contributed by atoms with Crippen molar-refractivity contribution in [3.05, 3.63) is 47.5 Å². The van der Waals surface area contributed by atoms with Crippen molar-refractivity contribution in [3.63, 3.8) is 0 Å². The first kappa shape index (κ1) is 12.4. The Balaban J connectivity index is 2.06. The fourth-order valence-electron chi connectivity index (χ4n) is 3.13. The second-order valence-corrected chi connectivity index (χ2v) is 5.27. The molecule has 19 heavy (non-hydrogen) atoms. The molecule has 2 N–H and O–H groups in total. The Hall–Kier alpha value is -1.68. The molecule has 1 fully saturated rings. The zero-order chi connectivity index (χ0) is 13.1. The Morgan fingerprint density at radius 1 is 1.11 bits per heavy atom. The van der Waals surface area contributed by atoms with Crippen molar-refractivity contribution in [2.45, 2.75) is 44.1 Å². The minimum absolute atomic E-state index is 0.0799. The van der Waals surface area contributed by atoms with Gasteiger partial charge < -0.3 is 5.11 Å². The second kappa shape index (κ2) is 5.13. The third-order valence-electron chi connectivity index (χ3n) is 4.14. The van der Waals surface area contributed by atoms with Gasteiger partial charge in [0.1, 0.15) is 12.4 Å². The number of aromatic nitrogens is 3. The molecule has 1 saturated carbocycles. The molecule has 4 nitrogen and oxygen atoms in total. The van der Waals surface area contributed by atoms with Crippen LogP contribution in [0.1, 0.15) is 49.3 Å². The maximum atomic E-state index is 9.17.